The molecule has 2 rings (SSSR count). The first-order chi connectivity index (χ1) is 9.93. The van der Waals surface area contributed by atoms with E-state index in [0.717, 1.165) is 12.8 Å². The van der Waals surface area contributed by atoms with Gasteiger partial charge in [-0.3, -0.25) is 4.79 Å². The molecule has 0 aromatic heterocycles. The molecule has 0 bridgehead atoms. The molecule has 0 aliphatic heterocycles. The van der Waals surface area contributed by atoms with Crippen LogP contribution in [0.2, 0.25) is 0 Å². The molecule has 114 valence electrons. The van der Waals surface area contributed by atoms with Crippen LogP contribution in [0.1, 0.15) is 36.5 Å². The summed E-state index contributed by atoms with van der Waals surface area (Å²) in [6.07, 6.45) is 3.43. The summed E-state index contributed by atoms with van der Waals surface area (Å²) in [6.45, 7) is 2.15. The van der Waals surface area contributed by atoms with Crippen molar-refractivity contribution in [3.05, 3.63) is 29.8 Å². The lowest BCUT2D eigenvalue weighted by Crippen LogP contribution is -2.57. The van der Waals surface area contributed by atoms with Crippen LogP contribution in [0.3, 0.4) is 0 Å². The second-order valence-corrected chi connectivity index (χ2v) is 5.92. The van der Waals surface area contributed by atoms with E-state index in [1.54, 1.807) is 24.3 Å². The first kappa shape index (κ1) is 15.5. The lowest BCUT2D eigenvalue weighted by Gasteiger charge is -2.47. The van der Waals surface area contributed by atoms with E-state index < -0.39 is 0 Å². The average molecular weight is 289 g/mol. The minimum absolute atomic E-state index is 0.0138. The van der Waals surface area contributed by atoms with Gasteiger partial charge < -0.3 is 15.5 Å². The molecule has 0 atom stereocenters. The van der Waals surface area contributed by atoms with Crippen LogP contribution in [0.4, 0.5) is 10.5 Å². The molecule has 5 nitrogen and oxygen atoms in total. The van der Waals surface area contributed by atoms with Crippen molar-refractivity contribution >= 4 is 17.5 Å². The van der Waals surface area contributed by atoms with Crippen LogP contribution in [0, 0.1) is 0 Å². The highest BCUT2D eigenvalue weighted by Gasteiger charge is 2.39. The maximum atomic E-state index is 12.0. The fraction of sp³-hybridized carbons (Fsp3) is 0.500. The zero-order valence-corrected chi connectivity index (χ0v) is 12.9. The van der Waals surface area contributed by atoms with E-state index in [1.165, 1.54) is 13.3 Å². The Morgan fingerprint density at radius 2 is 2.00 bits per heavy atom. The summed E-state index contributed by atoms with van der Waals surface area (Å²) in [4.78, 5) is 25.5. The lowest BCUT2D eigenvalue weighted by molar-refractivity contribution is 0.0630. The Balaban J connectivity index is 1.90. The summed E-state index contributed by atoms with van der Waals surface area (Å²) >= 11 is 0. The fourth-order valence-corrected chi connectivity index (χ4v) is 2.60. The maximum absolute atomic E-state index is 12.0. The Morgan fingerprint density at radius 1 is 1.29 bits per heavy atom. The van der Waals surface area contributed by atoms with Gasteiger partial charge in [-0.05, 0) is 52.4 Å². The number of Topliss-reactive ketones (excluding diaryl/α,β-unsaturated/α-hetero) is 1. The highest BCUT2D eigenvalue weighted by atomic mass is 16.2. The number of carbonyl (C=O) groups excluding carboxylic acids is 2. The third-order valence-corrected chi connectivity index (χ3v) is 4.34. The molecule has 1 aromatic rings. The van der Waals surface area contributed by atoms with Crippen molar-refractivity contribution in [2.45, 2.75) is 31.7 Å². The van der Waals surface area contributed by atoms with Gasteiger partial charge in [0.15, 0.2) is 5.78 Å². The molecular weight excluding hydrogens is 266 g/mol. The number of amides is 2. The van der Waals surface area contributed by atoms with E-state index in [0.29, 0.717) is 17.8 Å². The summed E-state index contributed by atoms with van der Waals surface area (Å²) in [6, 6.07) is 6.73. The van der Waals surface area contributed by atoms with Crippen LogP contribution >= 0.6 is 0 Å². The molecule has 2 N–H and O–H groups in total. The monoisotopic (exact) mass is 289 g/mol. The van der Waals surface area contributed by atoms with Gasteiger partial charge in [0.05, 0.1) is 0 Å². The summed E-state index contributed by atoms with van der Waals surface area (Å²) < 4.78 is 0. The summed E-state index contributed by atoms with van der Waals surface area (Å²) in [5, 5.41) is 5.70. The van der Waals surface area contributed by atoms with Crippen molar-refractivity contribution in [2.24, 2.45) is 0 Å². The quantitative estimate of drug-likeness (QED) is 0.819. The van der Waals surface area contributed by atoms with Gasteiger partial charge >= 0.3 is 6.03 Å². The number of anilines is 1. The average Bonchev–Trinajstić information content (AvgIpc) is 2.37. The molecule has 1 aliphatic rings. The second kappa shape index (κ2) is 6.26. The van der Waals surface area contributed by atoms with Crippen molar-refractivity contribution in [3.63, 3.8) is 0 Å². The van der Waals surface area contributed by atoms with Gasteiger partial charge in [-0.15, -0.1) is 0 Å². The molecule has 2 amide bonds. The van der Waals surface area contributed by atoms with Crippen molar-refractivity contribution in [1.29, 1.82) is 0 Å². The van der Waals surface area contributed by atoms with E-state index in [2.05, 4.69) is 29.6 Å². The standard InChI is InChI=1S/C16H23N3O2/c1-12(20)13-6-4-7-14(10-13)18-15(21)17-11-16(19(2)3)8-5-9-16/h4,6-7,10H,5,8-9,11H2,1-3H3,(H2,17,18,21). The van der Waals surface area contributed by atoms with Crippen LogP contribution in [0.15, 0.2) is 24.3 Å². The van der Waals surface area contributed by atoms with Crippen LogP contribution in [0.25, 0.3) is 0 Å². The Bertz CT molecular complexity index is 536. The Labute approximate surface area is 125 Å². The molecule has 0 spiro atoms. The predicted molar refractivity (Wildman–Crippen MR) is 83.7 cm³/mol. The number of likely N-dealkylation sites (N-methyl/N-ethyl adjacent to an activating group) is 1. The van der Waals surface area contributed by atoms with Gasteiger partial charge in [0.2, 0.25) is 0 Å². The minimum Gasteiger partial charge on any atom is -0.336 e. The Morgan fingerprint density at radius 3 is 2.52 bits per heavy atom. The number of nitrogens with one attached hydrogen (secondary N) is 2. The molecule has 5 heteroatoms. The summed E-state index contributed by atoms with van der Waals surface area (Å²) in [5.41, 5.74) is 1.32. The number of hydrogen-bond donors (Lipinski definition) is 2. The van der Waals surface area contributed by atoms with Crippen molar-refractivity contribution in [1.82, 2.24) is 10.2 Å². The number of ketones is 1. The topological polar surface area (TPSA) is 61.4 Å². The van der Waals surface area contributed by atoms with E-state index in [9.17, 15) is 9.59 Å². The van der Waals surface area contributed by atoms with Gasteiger partial charge in [-0.25, -0.2) is 4.79 Å². The summed E-state index contributed by atoms with van der Waals surface area (Å²) in [7, 11) is 4.10. The number of hydrogen-bond acceptors (Lipinski definition) is 3. The van der Waals surface area contributed by atoms with Crippen molar-refractivity contribution in [2.75, 3.05) is 26.0 Å². The first-order valence-electron chi connectivity index (χ1n) is 7.26. The van der Waals surface area contributed by atoms with Gasteiger partial charge in [-0.2, -0.15) is 0 Å². The number of rotatable bonds is 5. The third kappa shape index (κ3) is 3.61. The molecule has 0 heterocycles. The van der Waals surface area contributed by atoms with Crippen LogP contribution in [-0.4, -0.2) is 42.9 Å². The zero-order valence-electron chi connectivity index (χ0n) is 12.9. The maximum Gasteiger partial charge on any atom is 0.319 e. The van der Waals surface area contributed by atoms with Crippen molar-refractivity contribution in [3.8, 4) is 0 Å². The van der Waals surface area contributed by atoms with Crippen LogP contribution in [0.5, 0.6) is 0 Å². The van der Waals surface area contributed by atoms with Gasteiger partial charge in [0, 0.05) is 23.3 Å². The molecule has 1 fully saturated rings. The van der Waals surface area contributed by atoms with E-state index >= 15 is 0 Å². The highest BCUT2D eigenvalue weighted by molar-refractivity contribution is 5.96. The molecule has 1 aliphatic carbocycles. The summed E-state index contributed by atoms with van der Waals surface area (Å²) in [5.74, 6) is -0.0138. The first-order valence-corrected chi connectivity index (χ1v) is 7.26. The Kier molecular flexibility index (Phi) is 4.63. The van der Waals surface area contributed by atoms with Crippen molar-refractivity contribution < 1.29 is 9.59 Å². The minimum atomic E-state index is -0.233. The van der Waals surface area contributed by atoms with E-state index in [-0.39, 0.29) is 17.4 Å². The number of carbonyl (C=O) groups is 2. The third-order valence-electron chi connectivity index (χ3n) is 4.34. The molecule has 1 saturated carbocycles. The Hall–Kier alpha value is -1.88. The smallest absolute Gasteiger partial charge is 0.319 e. The van der Waals surface area contributed by atoms with Gasteiger partial charge in [0.25, 0.3) is 0 Å². The van der Waals surface area contributed by atoms with Crippen LogP contribution < -0.4 is 10.6 Å². The largest absolute Gasteiger partial charge is 0.336 e. The lowest BCUT2D eigenvalue weighted by atomic mass is 9.75. The fourth-order valence-electron chi connectivity index (χ4n) is 2.60. The number of benzene rings is 1. The zero-order chi connectivity index (χ0) is 15.5. The number of urea groups is 1. The second-order valence-electron chi connectivity index (χ2n) is 5.92. The van der Waals surface area contributed by atoms with E-state index in [1.807, 2.05) is 0 Å². The molecule has 0 saturated heterocycles. The van der Waals surface area contributed by atoms with Gasteiger partial charge in [-0.1, -0.05) is 12.1 Å². The van der Waals surface area contributed by atoms with Gasteiger partial charge in [0.1, 0.15) is 0 Å². The molecule has 1 aromatic carbocycles. The predicted octanol–water partition coefficient (Wildman–Crippen LogP) is 2.50. The molecule has 0 unspecified atom stereocenters. The number of nitrogens with zero attached hydrogens (tertiary/aromatic N) is 1. The van der Waals surface area contributed by atoms with E-state index in [4.69, 9.17) is 0 Å². The van der Waals surface area contributed by atoms with Crippen LogP contribution in [-0.2, 0) is 0 Å². The normalized spacial score (nSPS) is 16.2. The molecular formula is C16H23N3O2. The molecule has 0 radical (unpaired) electrons. The SMILES string of the molecule is CC(=O)c1cccc(NC(=O)NCC2(N(C)C)CCC2)c1. The highest BCUT2D eigenvalue weighted by Crippen LogP contribution is 2.35. The molecule has 21 heavy (non-hydrogen) atoms.